The first-order valence-corrected chi connectivity index (χ1v) is 9.27. The van der Waals surface area contributed by atoms with Gasteiger partial charge in [-0.05, 0) is 37.5 Å². The molecule has 0 aliphatic carbocycles. The van der Waals surface area contributed by atoms with Gasteiger partial charge in [0.25, 0.3) is 0 Å². The molecule has 2 aromatic carbocycles. The summed E-state index contributed by atoms with van der Waals surface area (Å²) in [5, 5.41) is 2.61. The van der Waals surface area contributed by atoms with Gasteiger partial charge in [0.1, 0.15) is 23.9 Å². The first-order chi connectivity index (χ1) is 10.4. The number of hydrogen-bond donors (Lipinski definition) is 0. The topological polar surface area (TPSA) is 18.5 Å². The van der Waals surface area contributed by atoms with E-state index in [1.807, 2.05) is 0 Å². The summed E-state index contributed by atoms with van der Waals surface area (Å²) in [6.45, 7) is 1.23. The van der Waals surface area contributed by atoms with Crippen LogP contribution in [0.5, 0.6) is 5.75 Å². The van der Waals surface area contributed by atoms with E-state index < -0.39 is 0 Å². The lowest BCUT2D eigenvalue weighted by Gasteiger charge is -2.16. The molecule has 0 atom stereocenters. The van der Waals surface area contributed by atoms with Crippen LogP contribution in [0.4, 0.5) is 0 Å². The van der Waals surface area contributed by atoms with Gasteiger partial charge in [-0.3, -0.25) is 0 Å². The molecule has 0 saturated carbocycles. The van der Waals surface area contributed by atoms with Crippen LogP contribution in [0.2, 0.25) is 0 Å². The molecule has 0 aromatic heterocycles. The van der Waals surface area contributed by atoms with E-state index in [2.05, 4.69) is 36.4 Å². The fourth-order valence-corrected chi connectivity index (χ4v) is 5.41. The lowest BCUT2D eigenvalue weighted by molar-refractivity contribution is 0.147. The maximum Gasteiger partial charge on any atom is 0.162 e. The van der Waals surface area contributed by atoms with Crippen LogP contribution in [0.3, 0.4) is 0 Å². The minimum atomic E-state index is 0.422. The molecule has 21 heavy (non-hydrogen) atoms. The van der Waals surface area contributed by atoms with Gasteiger partial charge in [0.15, 0.2) is 4.90 Å². The van der Waals surface area contributed by atoms with Gasteiger partial charge >= 0.3 is 0 Å². The van der Waals surface area contributed by atoms with E-state index in [4.69, 9.17) is 9.47 Å². The fraction of sp³-hybridized carbons (Fsp3) is 0.444. The van der Waals surface area contributed by atoms with Crippen LogP contribution >= 0.6 is 0 Å². The van der Waals surface area contributed by atoms with E-state index in [1.54, 1.807) is 7.11 Å². The molecular weight excluding hydrogens is 280 g/mol. The van der Waals surface area contributed by atoms with Crippen molar-refractivity contribution in [3.8, 4) is 5.75 Å². The SMILES string of the molecule is COCCOc1ccc([S+]2CCCCC2)c2ccccc12. The Morgan fingerprint density at radius 2 is 1.67 bits per heavy atom. The Labute approximate surface area is 129 Å². The van der Waals surface area contributed by atoms with Gasteiger partial charge in [-0.15, -0.1) is 0 Å². The minimum Gasteiger partial charge on any atom is -0.491 e. The van der Waals surface area contributed by atoms with E-state index in [1.165, 1.54) is 46.4 Å². The molecular formula is C18H23O2S+. The Hall–Kier alpha value is -1.19. The van der Waals surface area contributed by atoms with Crippen molar-refractivity contribution in [2.75, 3.05) is 31.8 Å². The lowest BCUT2D eigenvalue weighted by atomic mass is 10.1. The predicted molar refractivity (Wildman–Crippen MR) is 90.5 cm³/mol. The van der Waals surface area contributed by atoms with Crippen LogP contribution in [0.15, 0.2) is 41.3 Å². The first kappa shape index (κ1) is 14.7. The molecule has 1 fully saturated rings. The van der Waals surface area contributed by atoms with Gasteiger partial charge in [0.2, 0.25) is 0 Å². The number of fused-ring (bicyclic) bond motifs is 1. The maximum atomic E-state index is 5.88. The second-order valence-corrected chi connectivity index (χ2v) is 7.65. The van der Waals surface area contributed by atoms with E-state index in [-0.39, 0.29) is 0 Å². The zero-order valence-corrected chi connectivity index (χ0v) is 13.5. The van der Waals surface area contributed by atoms with Crippen LogP contribution in [-0.2, 0) is 15.6 Å². The van der Waals surface area contributed by atoms with E-state index >= 15 is 0 Å². The number of hydrogen-bond acceptors (Lipinski definition) is 2. The number of benzene rings is 2. The van der Waals surface area contributed by atoms with Gasteiger partial charge in [0, 0.05) is 28.8 Å². The molecule has 1 heterocycles. The Kier molecular flexibility index (Phi) is 5.04. The van der Waals surface area contributed by atoms with Gasteiger partial charge in [-0.2, -0.15) is 0 Å². The predicted octanol–water partition coefficient (Wildman–Crippen LogP) is 4.03. The third kappa shape index (κ3) is 3.35. The van der Waals surface area contributed by atoms with Crippen molar-refractivity contribution in [1.29, 1.82) is 0 Å². The largest absolute Gasteiger partial charge is 0.491 e. The van der Waals surface area contributed by atoms with Crippen LogP contribution in [0.25, 0.3) is 10.8 Å². The third-order valence-electron chi connectivity index (χ3n) is 3.98. The Morgan fingerprint density at radius 1 is 0.905 bits per heavy atom. The summed E-state index contributed by atoms with van der Waals surface area (Å²) in [4.78, 5) is 1.53. The number of methoxy groups -OCH3 is 1. The molecule has 0 bridgehead atoms. The molecule has 0 amide bonds. The fourth-order valence-electron chi connectivity index (χ4n) is 2.91. The summed E-state index contributed by atoms with van der Waals surface area (Å²) in [5.74, 6) is 3.69. The van der Waals surface area contributed by atoms with Gasteiger partial charge in [0.05, 0.1) is 6.61 Å². The summed E-state index contributed by atoms with van der Waals surface area (Å²) >= 11 is 0. The van der Waals surface area contributed by atoms with Gasteiger partial charge in [-0.25, -0.2) is 0 Å². The molecule has 0 spiro atoms. The molecule has 2 aromatic rings. The zero-order valence-electron chi connectivity index (χ0n) is 12.6. The van der Waals surface area contributed by atoms with Crippen LogP contribution in [0, 0.1) is 0 Å². The van der Waals surface area contributed by atoms with E-state index in [9.17, 15) is 0 Å². The molecule has 0 N–H and O–H groups in total. The van der Waals surface area contributed by atoms with E-state index in [0.29, 0.717) is 24.1 Å². The standard InChI is InChI=1S/C18H23O2S/c1-19-11-12-20-17-9-10-18(21-13-5-2-6-14-21)16-8-4-3-7-15(16)17/h3-4,7-10H,2,5-6,11-14H2,1H3/q+1. The molecule has 3 heteroatoms. The molecule has 3 rings (SSSR count). The minimum absolute atomic E-state index is 0.422. The summed E-state index contributed by atoms with van der Waals surface area (Å²) in [6.07, 6.45) is 4.16. The second kappa shape index (κ2) is 7.19. The summed E-state index contributed by atoms with van der Waals surface area (Å²) in [7, 11) is 2.12. The summed E-state index contributed by atoms with van der Waals surface area (Å²) in [5.41, 5.74) is 0. The summed E-state index contributed by atoms with van der Waals surface area (Å²) < 4.78 is 11.0. The smallest absolute Gasteiger partial charge is 0.162 e. The van der Waals surface area contributed by atoms with Crippen molar-refractivity contribution >= 4 is 21.7 Å². The van der Waals surface area contributed by atoms with Gasteiger partial charge < -0.3 is 9.47 Å². The van der Waals surface area contributed by atoms with Crippen LogP contribution in [0.1, 0.15) is 19.3 Å². The Morgan fingerprint density at radius 3 is 2.43 bits per heavy atom. The average molecular weight is 303 g/mol. The summed E-state index contributed by atoms with van der Waals surface area (Å²) in [6, 6.07) is 13.1. The van der Waals surface area contributed by atoms with Crippen LogP contribution < -0.4 is 4.74 Å². The highest BCUT2D eigenvalue weighted by molar-refractivity contribution is 7.97. The number of ether oxygens (including phenoxy) is 2. The van der Waals surface area contributed by atoms with Crippen molar-refractivity contribution in [3.05, 3.63) is 36.4 Å². The third-order valence-corrected chi connectivity index (χ3v) is 6.52. The highest BCUT2D eigenvalue weighted by Gasteiger charge is 2.27. The highest BCUT2D eigenvalue weighted by atomic mass is 32.2. The molecule has 2 nitrogen and oxygen atoms in total. The molecule has 1 aliphatic heterocycles. The second-order valence-electron chi connectivity index (χ2n) is 5.41. The van der Waals surface area contributed by atoms with E-state index in [0.717, 1.165) is 5.75 Å². The Bertz CT molecular complexity index is 591. The quantitative estimate of drug-likeness (QED) is 0.613. The number of rotatable bonds is 5. The molecule has 1 saturated heterocycles. The average Bonchev–Trinajstić information content (AvgIpc) is 2.56. The normalized spacial score (nSPS) is 16.2. The molecule has 0 radical (unpaired) electrons. The zero-order chi connectivity index (χ0) is 14.5. The van der Waals surface area contributed by atoms with Crippen LogP contribution in [-0.4, -0.2) is 31.8 Å². The highest BCUT2D eigenvalue weighted by Crippen LogP contribution is 2.34. The van der Waals surface area contributed by atoms with Crippen molar-refractivity contribution < 1.29 is 9.47 Å². The van der Waals surface area contributed by atoms with Crippen molar-refractivity contribution in [3.63, 3.8) is 0 Å². The molecule has 0 unspecified atom stereocenters. The molecule has 112 valence electrons. The lowest BCUT2D eigenvalue weighted by Crippen LogP contribution is -2.18. The van der Waals surface area contributed by atoms with Crippen molar-refractivity contribution in [2.24, 2.45) is 0 Å². The maximum absolute atomic E-state index is 5.88. The molecule has 1 aliphatic rings. The van der Waals surface area contributed by atoms with Crippen molar-refractivity contribution in [1.82, 2.24) is 0 Å². The monoisotopic (exact) mass is 303 g/mol. The first-order valence-electron chi connectivity index (χ1n) is 7.71. The van der Waals surface area contributed by atoms with Gasteiger partial charge in [-0.1, -0.05) is 18.2 Å². The van der Waals surface area contributed by atoms with Crippen molar-refractivity contribution in [2.45, 2.75) is 24.2 Å². The Balaban J connectivity index is 1.93.